The summed E-state index contributed by atoms with van der Waals surface area (Å²) in [7, 11) is 0. The summed E-state index contributed by atoms with van der Waals surface area (Å²) in [6.45, 7) is 0. The third-order valence-electron chi connectivity index (χ3n) is 2.57. The van der Waals surface area contributed by atoms with Crippen molar-refractivity contribution in [3.05, 3.63) is 90.6 Å². The zero-order valence-corrected chi connectivity index (χ0v) is 11.9. The van der Waals surface area contributed by atoms with Gasteiger partial charge >= 0.3 is 0 Å². The normalized spacial score (nSPS) is 14.1. The van der Waals surface area contributed by atoms with Gasteiger partial charge in [-0.1, -0.05) is 85.0 Å². The fraction of sp³-hybridized carbons (Fsp3) is 0.105. The first-order valence-electron chi connectivity index (χ1n) is 6.84. The zero-order chi connectivity index (χ0) is 15.2. The number of hydrogen-bond donors (Lipinski definition) is 1. The Hall–Kier alpha value is -2.45. The molecule has 2 nitrogen and oxygen atoms in total. The molecular formula is C19H20O2. The maximum absolute atomic E-state index is 10.0. The van der Waals surface area contributed by atoms with Gasteiger partial charge in [0.05, 0.1) is 6.10 Å². The first-order chi connectivity index (χ1) is 10.3. The van der Waals surface area contributed by atoms with E-state index in [-0.39, 0.29) is 0 Å². The molecule has 0 heterocycles. The molecule has 1 unspecified atom stereocenters. The minimum Gasteiger partial charge on any atom is -0.389 e. The molecule has 1 rings (SSSR count). The van der Waals surface area contributed by atoms with E-state index in [1.165, 1.54) is 6.08 Å². The lowest BCUT2D eigenvalue weighted by Gasteiger charge is -1.98. The summed E-state index contributed by atoms with van der Waals surface area (Å²) in [5, 5.41) is 9.66. The lowest BCUT2D eigenvalue weighted by atomic mass is 10.2. The van der Waals surface area contributed by atoms with E-state index < -0.39 is 6.10 Å². The van der Waals surface area contributed by atoms with Crippen LogP contribution < -0.4 is 0 Å². The molecule has 0 radical (unpaired) electrons. The second-order valence-corrected chi connectivity index (χ2v) is 4.29. The van der Waals surface area contributed by atoms with Gasteiger partial charge in [0.15, 0.2) is 0 Å². The van der Waals surface area contributed by atoms with Crippen molar-refractivity contribution in [3.8, 4) is 0 Å². The average molecular weight is 280 g/mol. The average Bonchev–Trinajstić information content (AvgIpc) is 2.51. The van der Waals surface area contributed by atoms with Gasteiger partial charge in [0.2, 0.25) is 0 Å². The van der Waals surface area contributed by atoms with Crippen LogP contribution in [0.25, 0.3) is 6.08 Å². The smallest absolute Gasteiger partial charge is 0.142 e. The molecule has 0 fully saturated rings. The highest BCUT2D eigenvalue weighted by atomic mass is 16.3. The van der Waals surface area contributed by atoms with Gasteiger partial charge in [-0.25, -0.2) is 0 Å². The highest BCUT2D eigenvalue weighted by Gasteiger charge is 1.92. The van der Waals surface area contributed by atoms with Crippen molar-refractivity contribution < 1.29 is 9.90 Å². The highest BCUT2D eigenvalue weighted by Crippen LogP contribution is 2.01. The molecule has 0 bridgehead atoms. The topological polar surface area (TPSA) is 37.3 Å². The van der Waals surface area contributed by atoms with Crippen molar-refractivity contribution in [2.75, 3.05) is 0 Å². The van der Waals surface area contributed by atoms with Crippen molar-refractivity contribution in [3.63, 3.8) is 0 Å². The van der Waals surface area contributed by atoms with Crippen molar-refractivity contribution >= 4 is 12.4 Å². The number of aliphatic hydroxyl groups is 1. The molecule has 0 saturated carbocycles. The Kier molecular flexibility index (Phi) is 9.00. The minimum absolute atomic E-state index is 0.520. The van der Waals surface area contributed by atoms with Crippen LogP contribution in [0, 0.1) is 0 Å². The third kappa shape index (κ3) is 9.14. The molecule has 0 aliphatic rings. The Bertz CT molecular complexity index is 534. The van der Waals surface area contributed by atoms with Gasteiger partial charge in [0, 0.05) is 0 Å². The predicted octanol–water partition coefficient (Wildman–Crippen LogP) is 3.87. The summed E-state index contributed by atoms with van der Waals surface area (Å²) < 4.78 is 0. The predicted molar refractivity (Wildman–Crippen MR) is 88.7 cm³/mol. The molecule has 0 saturated heterocycles. The SMILES string of the molecule is O=C/C=C/C=C/CC(O)/C=C/C=C/C=C/c1ccccc1. The molecule has 1 aromatic rings. The molecule has 21 heavy (non-hydrogen) atoms. The first-order valence-corrected chi connectivity index (χ1v) is 6.84. The monoisotopic (exact) mass is 280 g/mol. The summed E-state index contributed by atoms with van der Waals surface area (Å²) >= 11 is 0. The van der Waals surface area contributed by atoms with Gasteiger partial charge < -0.3 is 5.11 Å². The van der Waals surface area contributed by atoms with E-state index >= 15 is 0 Å². The van der Waals surface area contributed by atoms with Crippen LogP contribution in [0.2, 0.25) is 0 Å². The molecule has 0 aliphatic carbocycles. The minimum atomic E-state index is -0.520. The van der Waals surface area contributed by atoms with Crippen LogP contribution in [-0.4, -0.2) is 17.5 Å². The van der Waals surface area contributed by atoms with Crippen LogP contribution in [0.5, 0.6) is 0 Å². The summed E-state index contributed by atoms with van der Waals surface area (Å²) in [5.41, 5.74) is 1.15. The van der Waals surface area contributed by atoms with E-state index in [9.17, 15) is 9.90 Å². The van der Waals surface area contributed by atoms with Gasteiger partial charge in [-0.15, -0.1) is 0 Å². The largest absolute Gasteiger partial charge is 0.389 e. The van der Waals surface area contributed by atoms with Crippen molar-refractivity contribution in [1.82, 2.24) is 0 Å². The van der Waals surface area contributed by atoms with Gasteiger partial charge in [-0.3, -0.25) is 4.79 Å². The lowest BCUT2D eigenvalue weighted by molar-refractivity contribution is -0.104. The van der Waals surface area contributed by atoms with E-state index in [2.05, 4.69) is 0 Å². The van der Waals surface area contributed by atoms with Gasteiger partial charge in [0.25, 0.3) is 0 Å². The van der Waals surface area contributed by atoms with E-state index in [0.717, 1.165) is 5.56 Å². The number of benzene rings is 1. The molecule has 0 amide bonds. The fourth-order valence-electron chi connectivity index (χ4n) is 1.54. The van der Waals surface area contributed by atoms with Gasteiger partial charge in [-0.2, -0.15) is 0 Å². The number of carbonyl (C=O) groups excluding carboxylic acids is 1. The standard InChI is InChI=1S/C19H20O2/c20-17-11-4-3-10-16-19(21)15-9-2-1-6-12-18-13-7-5-8-14-18/h1-15,17,19,21H,16H2/b2-1+,10-3+,11-4+,12-6+,15-9+. The second-order valence-electron chi connectivity index (χ2n) is 4.29. The second kappa shape index (κ2) is 11.4. The fourth-order valence-corrected chi connectivity index (χ4v) is 1.54. The maximum atomic E-state index is 10.0. The van der Waals surface area contributed by atoms with Crippen LogP contribution in [0.1, 0.15) is 12.0 Å². The Morgan fingerprint density at radius 3 is 2.38 bits per heavy atom. The molecule has 1 aromatic carbocycles. The van der Waals surface area contributed by atoms with Crippen LogP contribution >= 0.6 is 0 Å². The maximum Gasteiger partial charge on any atom is 0.142 e. The Morgan fingerprint density at radius 1 is 0.905 bits per heavy atom. The summed E-state index contributed by atoms with van der Waals surface area (Å²) in [5.74, 6) is 0. The van der Waals surface area contributed by atoms with Crippen LogP contribution in [-0.2, 0) is 4.79 Å². The summed E-state index contributed by atoms with van der Waals surface area (Å²) in [6.07, 6.45) is 18.6. The van der Waals surface area contributed by atoms with Crippen LogP contribution in [0.3, 0.4) is 0 Å². The Labute approximate surface area is 126 Å². The van der Waals surface area contributed by atoms with E-state index in [4.69, 9.17) is 0 Å². The first kappa shape index (κ1) is 16.6. The van der Waals surface area contributed by atoms with E-state index in [0.29, 0.717) is 12.7 Å². The highest BCUT2D eigenvalue weighted by molar-refractivity contribution is 5.65. The molecule has 0 spiro atoms. The van der Waals surface area contributed by atoms with Crippen LogP contribution in [0.15, 0.2) is 85.0 Å². The van der Waals surface area contributed by atoms with Gasteiger partial charge in [-0.05, 0) is 18.1 Å². The summed E-state index contributed by atoms with van der Waals surface area (Å²) in [6, 6.07) is 10.1. The molecule has 0 aromatic heterocycles. The molecular weight excluding hydrogens is 260 g/mol. The van der Waals surface area contributed by atoms with E-state index in [1.54, 1.807) is 18.2 Å². The zero-order valence-electron chi connectivity index (χ0n) is 11.9. The molecule has 1 atom stereocenters. The molecule has 0 aliphatic heterocycles. The Morgan fingerprint density at radius 2 is 1.62 bits per heavy atom. The van der Waals surface area contributed by atoms with E-state index in [1.807, 2.05) is 66.8 Å². The number of allylic oxidation sites excluding steroid dienone is 7. The molecule has 1 N–H and O–H groups in total. The van der Waals surface area contributed by atoms with Crippen LogP contribution in [0.4, 0.5) is 0 Å². The quantitative estimate of drug-likeness (QED) is 0.446. The van der Waals surface area contributed by atoms with Crippen molar-refractivity contribution in [1.29, 1.82) is 0 Å². The molecule has 108 valence electrons. The number of aldehydes is 1. The number of carbonyl (C=O) groups is 1. The number of hydrogen-bond acceptors (Lipinski definition) is 2. The van der Waals surface area contributed by atoms with Crippen molar-refractivity contribution in [2.45, 2.75) is 12.5 Å². The molecule has 2 heteroatoms. The number of aliphatic hydroxyl groups excluding tert-OH is 1. The third-order valence-corrected chi connectivity index (χ3v) is 2.57. The Balaban J connectivity index is 2.28. The van der Waals surface area contributed by atoms with Gasteiger partial charge in [0.1, 0.15) is 6.29 Å². The summed E-state index contributed by atoms with van der Waals surface area (Å²) in [4.78, 5) is 10.0. The number of rotatable bonds is 8. The van der Waals surface area contributed by atoms with Crippen molar-refractivity contribution in [2.24, 2.45) is 0 Å². The lowest BCUT2D eigenvalue weighted by Crippen LogP contribution is -1.98.